The second-order valence-corrected chi connectivity index (χ2v) is 10.6. The summed E-state index contributed by atoms with van der Waals surface area (Å²) < 4.78 is 38.2. The van der Waals surface area contributed by atoms with Crippen LogP contribution in [0.25, 0.3) is 0 Å². The third kappa shape index (κ3) is 5.64. The van der Waals surface area contributed by atoms with Crippen LogP contribution in [0.1, 0.15) is 38.7 Å². The van der Waals surface area contributed by atoms with Gasteiger partial charge in [0.2, 0.25) is 5.78 Å². The standard InChI is InChI=1S/C25H29F3N4O2S/c1-24(2)23(22(34)16-33)32(19-6-8-20(9-7-19)35-25(26,27)28)17-31(24)15-18-10-11-29-14-21(18)30-12-4-3-5-13-30/h6-11,14,16,23H,3-5,12-13,15,17H2,1-2H3. The monoisotopic (exact) mass is 506 g/mol. The highest BCUT2D eigenvalue weighted by Gasteiger charge is 2.50. The van der Waals surface area contributed by atoms with E-state index in [0.717, 1.165) is 37.2 Å². The first-order chi connectivity index (χ1) is 16.6. The normalized spacial score (nSPS) is 20.8. The van der Waals surface area contributed by atoms with E-state index in [2.05, 4.69) is 14.8 Å². The van der Waals surface area contributed by atoms with Gasteiger partial charge in [0.05, 0.1) is 18.6 Å². The Morgan fingerprint density at radius 2 is 1.83 bits per heavy atom. The quantitative estimate of drug-likeness (QED) is 0.301. The van der Waals surface area contributed by atoms with Crippen molar-refractivity contribution in [2.45, 2.75) is 61.6 Å². The molecule has 1 atom stereocenters. The van der Waals surface area contributed by atoms with Gasteiger partial charge >= 0.3 is 5.51 Å². The lowest BCUT2D eigenvalue weighted by Crippen LogP contribution is -2.51. The molecule has 0 radical (unpaired) electrons. The number of rotatable bonds is 7. The Labute approximate surface area is 207 Å². The second kappa shape index (κ2) is 10.2. The highest BCUT2D eigenvalue weighted by atomic mass is 32.2. The number of nitrogens with zero attached hydrogens (tertiary/aromatic N) is 4. The minimum absolute atomic E-state index is 0.0674. The molecule has 35 heavy (non-hydrogen) atoms. The number of thioether (sulfide) groups is 1. The molecule has 0 saturated carbocycles. The van der Waals surface area contributed by atoms with Crippen molar-refractivity contribution in [3.8, 4) is 0 Å². The van der Waals surface area contributed by atoms with E-state index in [1.165, 1.54) is 18.6 Å². The summed E-state index contributed by atoms with van der Waals surface area (Å²) in [6.45, 7) is 6.70. The molecular weight excluding hydrogens is 477 g/mol. The number of aromatic nitrogens is 1. The van der Waals surface area contributed by atoms with Gasteiger partial charge in [0.25, 0.3) is 0 Å². The van der Waals surface area contributed by atoms with Gasteiger partial charge in [0.15, 0.2) is 6.29 Å². The number of benzene rings is 1. The summed E-state index contributed by atoms with van der Waals surface area (Å²) in [4.78, 5) is 35.0. The molecule has 188 valence electrons. The molecule has 6 nitrogen and oxygen atoms in total. The van der Waals surface area contributed by atoms with Crippen LogP contribution < -0.4 is 9.80 Å². The third-order valence-corrected chi connectivity index (χ3v) is 7.59. The second-order valence-electron chi connectivity index (χ2n) is 9.48. The number of ketones is 1. The van der Waals surface area contributed by atoms with Crippen molar-refractivity contribution in [3.63, 3.8) is 0 Å². The van der Waals surface area contributed by atoms with E-state index in [-0.39, 0.29) is 16.7 Å². The van der Waals surface area contributed by atoms with Crippen LogP contribution in [-0.2, 0) is 16.1 Å². The number of piperidine rings is 1. The number of alkyl halides is 3. The van der Waals surface area contributed by atoms with Crippen LogP contribution in [0.4, 0.5) is 24.5 Å². The molecule has 2 aliphatic heterocycles. The van der Waals surface area contributed by atoms with Crippen LogP contribution in [0.15, 0.2) is 47.6 Å². The number of halogens is 3. The van der Waals surface area contributed by atoms with Crippen molar-refractivity contribution in [3.05, 3.63) is 48.3 Å². The Morgan fingerprint density at radius 3 is 2.46 bits per heavy atom. The number of carbonyl (C=O) groups is 2. The Hall–Kier alpha value is -2.59. The fourth-order valence-electron chi connectivity index (χ4n) is 5.07. The first-order valence-corrected chi connectivity index (χ1v) is 12.5. The average Bonchev–Trinajstić information content (AvgIpc) is 3.09. The Bertz CT molecular complexity index is 1060. The molecule has 10 heteroatoms. The minimum atomic E-state index is -4.37. The Morgan fingerprint density at radius 1 is 1.14 bits per heavy atom. The number of Topliss-reactive ketones (excluding diaryl/α,β-unsaturated/α-hetero) is 1. The molecule has 1 aromatic heterocycles. The maximum atomic E-state index is 12.8. The van der Waals surface area contributed by atoms with E-state index in [9.17, 15) is 22.8 Å². The van der Waals surface area contributed by atoms with Gasteiger partial charge in [0.1, 0.15) is 6.04 Å². The number of aldehydes is 1. The average molecular weight is 507 g/mol. The van der Waals surface area contributed by atoms with Crippen LogP contribution in [0, 0.1) is 0 Å². The first kappa shape index (κ1) is 25.5. The molecule has 3 heterocycles. The van der Waals surface area contributed by atoms with E-state index in [1.54, 1.807) is 23.2 Å². The summed E-state index contributed by atoms with van der Waals surface area (Å²) in [6.07, 6.45) is 7.46. The van der Waals surface area contributed by atoms with Crippen LogP contribution >= 0.6 is 11.8 Å². The minimum Gasteiger partial charge on any atom is -0.370 e. The van der Waals surface area contributed by atoms with Crippen molar-refractivity contribution in [2.24, 2.45) is 0 Å². The summed E-state index contributed by atoms with van der Waals surface area (Å²) in [5.41, 5.74) is -2.31. The van der Waals surface area contributed by atoms with Crippen molar-refractivity contribution in [1.82, 2.24) is 9.88 Å². The summed E-state index contributed by atoms with van der Waals surface area (Å²) in [5.74, 6) is -0.558. The fourth-order valence-corrected chi connectivity index (χ4v) is 5.61. The van der Waals surface area contributed by atoms with Crippen molar-refractivity contribution >= 4 is 35.2 Å². The highest BCUT2D eigenvalue weighted by molar-refractivity contribution is 8.00. The van der Waals surface area contributed by atoms with E-state index >= 15 is 0 Å². The van der Waals surface area contributed by atoms with Gasteiger partial charge in [-0.05, 0) is 80.8 Å². The highest BCUT2D eigenvalue weighted by Crippen LogP contribution is 2.40. The smallest absolute Gasteiger partial charge is 0.370 e. The predicted molar refractivity (Wildman–Crippen MR) is 130 cm³/mol. The SMILES string of the molecule is CC1(C)C(C(=O)C=O)N(c2ccc(SC(F)(F)F)cc2)CN1Cc1ccncc1N1CCCCC1. The number of hydrogen-bond donors (Lipinski definition) is 0. The molecular formula is C25H29F3N4O2S. The van der Waals surface area contributed by atoms with Gasteiger partial charge < -0.3 is 9.80 Å². The van der Waals surface area contributed by atoms with Crippen LogP contribution in [0.3, 0.4) is 0 Å². The van der Waals surface area contributed by atoms with Crippen molar-refractivity contribution in [2.75, 3.05) is 29.6 Å². The molecule has 1 aromatic carbocycles. The van der Waals surface area contributed by atoms with Gasteiger partial charge in [-0.2, -0.15) is 13.2 Å². The maximum Gasteiger partial charge on any atom is 0.446 e. The van der Waals surface area contributed by atoms with Crippen LogP contribution in [0.2, 0.25) is 0 Å². The Kier molecular flexibility index (Phi) is 7.42. The maximum absolute atomic E-state index is 12.8. The molecule has 0 spiro atoms. The molecule has 0 amide bonds. The zero-order chi connectivity index (χ0) is 25.2. The lowest BCUT2D eigenvalue weighted by atomic mass is 9.90. The first-order valence-electron chi connectivity index (χ1n) is 11.6. The largest absolute Gasteiger partial charge is 0.446 e. The van der Waals surface area contributed by atoms with Crippen LogP contribution in [-0.4, -0.2) is 58.8 Å². The van der Waals surface area contributed by atoms with Gasteiger partial charge in [-0.3, -0.25) is 19.5 Å². The van der Waals surface area contributed by atoms with E-state index in [4.69, 9.17) is 0 Å². The molecule has 4 rings (SSSR count). The topological polar surface area (TPSA) is 56.8 Å². The van der Waals surface area contributed by atoms with Gasteiger partial charge in [-0.1, -0.05) is 0 Å². The molecule has 0 aliphatic carbocycles. The number of carbonyl (C=O) groups excluding carboxylic acids is 2. The lowest BCUT2D eigenvalue weighted by Gasteiger charge is -2.35. The molecule has 1 unspecified atom stereocenters. The predicted octanol–water partition coefficient (Wildman–Crippen LogP) is 4.88. The van der Waals surface area contributed by atoms with Gasteiger partial charge in [0, 0.05) is 42.0 Å². The molecule has 2 aromatic rings. The van der Waals surface area contributed by atoms with Crippen molar-refractivity contribution in [1.29, 1.82) is 0 Å². The summed E-state index contributed by atoms with van der Waals surface area (Å²) >= 11 is -0.182. The summed E-state index contributed by atoms with van der Waals surface area (Å²) in [6, 6.07) is 7.16. The van der Waals surface area contributed by atoms with E-state index < -0.39 is 22.9 Å². The number of pyridine rings is 1. The van der Waals surface area contributed by atoms with E-state index in [1.807, 2.05) is 26.1 Å². The molecule has 2 fully saturated rings. The fraction of sp³-hybridized carbons (Fsp3) is 0.480. The number of hydrogen-bond acceptors (Lipinski definition) is 7. The molecule has 2 aliphatic rings. The van der Waals surface area contributed by atoms with Gasteiger partial charge in [-0.25, -0.2) is 0 Å². The molecule has 2 saturated heterocycles. The van der Waals surface area contributed by atoms with E-state index in [0.29, 0.717) is 25.2 Å². The van der Waals surface area contributed by atoms with Crippen LogP contribution in [0.5, 0.6) is 0 Å². The van der Waals surface area contributed by atoms with Crippen molar-refractivity contribution < 1.29 is 22.8 Å². The summed E-state index contributed by atoms with van der Waals surface area (Å²) in [5, 5.41) is 0. The molecule has 0 bridgehead atoms. The Balaban J connectivity index is 1.62. The lowest BCUT2D eigenvalue weighted by molar-refractivity contribution is -0.131. The third-order valence-electron chi connectivity index (χ3n) is 6.85. The summed E-state index contributed by atoms with van der Waals surface area (Å²) in [7, 11) is 0. The zero-order valence-electron chi connectivity index (χ0n) is 19.8. The van der Waals surface area contributed by atoms with Gasteiger partial charge in [-0.15, -0.1) is 0 Å². The number of anilines is 2. The molecule has 0 N–H and O–H groups in total. The zero-order valence-corrected chi connectivity index (χ0v) is 20.6.